The zero-order valence-electron chi connectivity index (χ0n) is 10.6. The molecule has 1 heterocycles. The van der Waals surface area contributed by atoms with Gasteiger partial charge in [0.05, 0.1) is 17.7 Å². The zero-order chi connectivity index (χ0) is 13.5. The summed E-state index contributed by atoms with van der Waals surface area (Å²) < 4.78 is 10.7. The highest BCUT2D eigenvalue weighted by molar-refractivity contribution is 5.77. The summed E-state index contributed by atoms with van der Waals surface area (Å²) in [6, 6.07) is 8.75. The molecule has 1 aromatic rings. The van der Waals surface area contributed by atoms with Crippen LogP contribution in [0.25, 0.3) is 0 Å². The molecular weight excluding hydrogens is 244 g/mol. The average Bonchev–Trinajstić information content (AvgIpc) is 2.96. The van der Waals surface area contributed by atoms with Gasteiger partial charge in [0.15, 0.2) is 6.61 Å². The van der Waals surface area contributed by atoms with Gasteiger partial charge in [-0.1, -0.05) is 6.07 Å². The third-order valence-corrected chi connectivity index (χ3v) is 2.88. The maximum absolute atomic E-state index is 11.6. The number of hydrogen-bond acceptors (Lipinski definition) is 4. The van der Waals surface area contributed by atoms with Gasteiger partial charge < -0.3 is 14.8 Å². The van der Waals surface area contributed by atoms with E-state index in [1.807, 2.05) is 6.07 Å². The summed E-state index contributed by atoms with van der Waals surface area (Å²) in [6.45, 7) is 1.25. The van der Waals surface area contributed by atoms with Gasteiger partial charge in [-0.15, -0.1) is 0 Å². The van der Waals surface area contributed by atoms with Gasteiger partial charge in [-0.05, 0) is 31.0 Å². The zero-order valence-corrected chi connectivity index (χ0v) is 10.6. The SMILES string of the molecule is N#Cc1cccc(OCC(=O)NC[C@H]2CCCO2)c1. The molecule has 1 aliphatic heterocycles. The summed E-state index contributed by atoms with van der Waals surface area (Å²) in [4.78, 5) is 11.6. The van der Waals surface area contributed by atoms with Crippen LogP contribution in [0, 0.1) is 11.3 Å². The molecule has 0 radical (unpaired) electrons. The van der Waals surface area contributed by atoms with Crippen molar-refractivity contribution >= 4 is 5.91 Å². The third-order valence-electron chi connectivity index (χ3n) is 2.88. The van der Waals surface area contributed by atoms with Crippen molar-refractivity contribution in [2.75, 3.05) is 19.8 Å². The van der Waals surface area contributed by atoms with Crippen LogP contribution in [0.2, 0.25) is 0 Å². The Hall–Kier alpha value is -2.06. The van der Waals surface area contributed by atoms with E-state index in [9.17, 15) is 4.79 Å². The second-order valence-corrected chi connectivity index (χ2v) is 4.37. The van der Waals surface area contributed by atoms with E-state index in [1.54, 1.807) is 24.3 Å². The molecule has 0 aromatic heterocycles. The fourth-order valence-electron chi connectivity index (χ4n) is 1.89. The predicted octanol–water partition coefficient (Wildman–Crippen LogP) is 1.23. The lowest BCUT2D eigenvalue weighted by Crippen LogP contribution is -2.35. The number of rotatable bonds is 5. The largest absolute Gasteiger partial charge is 0.484 e. The lowest BCUT2D eigenvalue weighted by atomic mass is 10.2. The predicted molar refractivity (Wildman–Crippen MR) is 68.6 cm³/mol. The van der Waals surface area contributed by atoms with Crippen LogP contribution in [0.3, 0.4) is 0 Å². The van der Waals surface area contributed by atoms with Crippen LogP contribution in [-0.4, -0.2) is 31.8 Å². The first-order valence-corrected chi connectivity index (χ1v) is 6.29. The molecule has 0 bridgehead atoms. The summed E-state index contributed by atoms with van der Waals surface area (Å²) >= 11 is 0. The number of carbonyl (C=O) groups excluding carboxylic acids is 1. The Balaban J connectivity index is 1.72. The molecule has 1 aliphatic rings. The number of nitriles is 1. The molecule has 1 saturated heterocycles. The lowest BCUT2D eigenvalue weighted by Gasteiger charge is -2.11. The normalized spacial score (nSPS) is 17.7. The number of nitrogens with one attached hydrogen (secondary N) is 1. The highest BCUT2D eigenvalue weighted by Crippen LogP contribution is 2.12. The van der Waals surface area contributed by atoms with Crippen LogP contribution >= 0.6 is 0 Å². The highest BCUT2D eigenvalue weighted by atomic mass is 16.5. The first-order chi connectivity index (χ1) is 9.28. The fraction of sp³-hybridized carbons (Fsp3) is 0.429. The first kappa shape index (κ1) is 13.4. The average molecular weight is 260 g/mol. The quantitative estimate of drug-likeness (QED) is 0.864. The minimum absolute atomic E-state index is 0.0540. The van der Waals surface area contributed by atoms with Crippen LogP contribution in [-0.2, 0) is 9.53 Å². The molecule has 5 heteroatoms. The van der Waals surface area contributed by atoms with E-state index in [0.29, 0.717) is 17.9 Å². The molecule has 0 saturated carbocycles. The van der Waals surface area contributed by atoms with Crippen molar-refractivity contribution in [1.82, 2.24) is 5.32 Å². The van der Waals surface area contributed by atoms with E-state index in [1.165, 1.54) is 0 Å². The lowest BCUT2D eigenvalue weighted by molar-refractivity contribution is -0.123. The number of benzene rings is 1. The summed E-state index contributed by atoms with van der Waals surface area (Å²) in [5.41, 5.74) is 0.511. The summed E-state index contributed by atoms with van der Waals surface area (Å²) in [6.07, 6.45) is 2.18. The number of hydrogen-bond donors (Lipinski definition) is 1. The first-order valence-electron chi connectivity index (χ1n) is 6.29. The van der Waals surface area contributed by atoms with Gasteiger partial charge in [-0.2, -0.15) is 5.26 Å². The second-order valence-electron chi connectivity index (χ2n) is 4.37. The third kappa shape index (κ3) is 4.27. The van der Waals surface area contributed by atoms with Crippen LogP contribution < -0.4 is 10.1 Å². The Morgan fingerprint density at radius 2 is 2.47 bits per heavy atom. The number of ether oxygens (including phenoxy) is 2. The molecule has 5 nitrogen and oxygen atoms in total. The van der Waals surface area contributed by atoms with E-state index in [-0.39, 0.29) is 18.6 Å². The Morgan fingerprint density at radius 1 is 1.58 bits per heavy atom. The molecule has 2 rings (SSSR count). The summed E-state index contributed by atoms with van der Waals surface area (Å²) in [7, 11) is 0. The molecule has 1 atom stereocenters. The molecule has 100 valence electrons. The van der Waals surface area contributed by atoms with Gasteiger partial charge >= 0.3 is 0 Å². The molecule has 0 spiro atoms. The molecule has 19 heavy (non-hydrogen) atoms. The Labute approximate surface area is 112 Å². The van der Waals surface area contributed by atoms with E-state index in [0.717, 1.165) is 19.4 Å². The number of nitrogens with zero attached hydrogens (tertiary/aromatic N) is 1. The van der Waals surface area contributed by atoms with Gasteiger partial charge in [-0.3, -0.25) is 4.79 Å². The van der Waals surface area contributed by atoms with Crippen molar-refractivity contribution < 1.29 is 14.3 Å². The number of amides is 1. The molecule has 1 N–H and O–H groups in total. The summed E-state index contributed by atoms with van der Waals surface area (Å²) in [5.74, 6) is 0.337. The monoisotopic (exact) mass is 260 g/mol. The molecule has 1 amide bonds. The van der Waals surface area contributed by atoms with Crippen molar-refractivity contribution in [3.8, 4) is 11.8 Å². The number of carbonyl (C=O) groups is 1. The Morgan fingerprint density at radius 3 is 3.21 bits per heavy atom. The minimum atomic E-state index is -0.183. The van der Waals surface area contributed by atoms with Crippen LogP contribution in [0.1, 0.15) is 18.4 Å². The van der Waals surface area contributed by atoms with Gasteiger partial charge in [0.1, 0.15) is 5.75 Å². The van der Waals surface area contributed by atoms with Crippen molar-refractivity contribution in [3.63, 3.8) is 0 Å². The highest BCUT2D eigenvalue weighted by Gasteiger charge is 2.16. The molecule has 1 fully saturated rings. The van der Waals surface area contributed by atoms with Crippen molar-refractivity contribution in [3.05, 3.63) is 29.8 Å². The maximum Gasteiger partial charge on any atom is 0.258 e. The van der Waals surface area contributed by atoms with Gasteiger partial charge in [0.25, 0.3) is 5.91 Å². The van der Waals surface area contributed by atoms with Gasteiger partial charge in [0, 0.05) is 13.2 Å². The van der Waals surface area contributed by atoms with Crippen LogP contribution in [0.15, 0.2) is 24.3 Å². The maximum atomic E-state index is 11.6. The standard InChI is InChI=1S/C14H16N2O3/c15-8-11-3-1-4-12(7-11)19-10-14(17)16-9-13-5-2-6-18-13/h1,3-4,7,13H,2,5-6,9-10H2,(H,16,17)/t13-/m1/s1. The minimum Gasteiger partial charge on any atom is -0.484 e. The van der Waals surface area contributed by atoms with E-state index < -0.39 is 0 Å². The van der Waals surface area contributed by atoms with Gasteiger partial charge in [0.2, 0.25) is 0 Å². The van der Waals surface area contributed by atoms with E-state index >= 15 is 0 Å². The van der Waals surface area contributed by atoms with Crippen molar-refractivity contribution in [1.29, 1.82) is 5.26 Å². The second kappa shape index (κ2) is 6.76. The topological polar surface area (TPSA) is 71.3 Å². The fourth-order valence-corrected chi connectivity index (χ4v) is 1.89. The van der Waals surface area contributed by atoms with Crippen LogP contribution in [0.5, 0.6) is 5.75 Å². The smallest absolute Gasteiger partial charge is 0.258 e. The Bertz CT molecular complexity index is 476. The molecule has 1 aromatic carbocycles. The van der Waals surface area contributed by atoms with Crippen molar-refractivity contribution in [2.45, 2.75) is 18.9 Å². The molecular formula is C14H16N2O3. The Kier molecular flexibility index (Phi) is 4.76. The summed E-state index contributed by atoms with van der Waals surface area (Å²) in [5, 5.41) is 11.5. The van der Waals surface area contributed by atoms with E-state index in [2.05, 4.69) is 5.32 Å². The van der Waals surface area contributed by atoms with Crippen LogP contribution in [0.4, 0.5) is 0 Å². The van der Waals surface area contributed by atoms with Crippen molar-refractivity contribution in [2.24, 2.45) is 0 Å². The molecule has 0 unspecified atom stereocenters. The van der Waals surface area contributed by atoms with Gasteiger partial charge in [-0.25, -0.2) is 0 Å². The molecule has 0 aliphatic carbocycles. The van der Waals surface area contributed by atoms with E-state index in [4.69, 9.17) is 14.7 Å².